The van der Waals surface area contributed by atoms with Crippen molar-refractivity contribution < 1.29 is 4.57 Å². The first-order valence-electron chi connectivity index (χ1n) is 23.4. The van der Waals surface area contributed by atoms with E-state index in [1.165, 1.54) is 264 Å². The van der Waals surface area contributed by atoms with Gasteiger partial charge in [-0.1, -0.05) is 233 Å². The van der Waals surface area contributed by atoms with E-state index in [1.54, 1.807) is 5.82 Å². The molecule has 0 aliphatic heterocycles. The first-order valence-corrected chi connectivity index (χ1v) is 23.4. The molecule has 0 aromatic carbocycles. The van der Waals surface area contributed by atoms with Crippen LogP contribution < -0.4 is 4.57 Å². The molecule has 2 nitrogen and oxygen atoms in total. The maximum Gasteiger partial charge on any atom is 0.256 e. The van der Waals surface area contributed by atoms with Crippen molar-refractivity contribution in [3.63, 3.8) is 0 Å². The molecule has 0 spiro atoms. The Morgan fingerprint density at radius 3 is 0.980 bits per heavy atom. The normalized spacial score (nSPS) is 11.7. The lowest BCUT2D eigenvalue weighted by Gasteiger charge is -2.07. The molecule has 290 valence electrons. The second-order valence-corrected chi connectivity index (χ2v) is 16.2. The van der Waals surface area contributed by atoms with Gasteiger partial charge in [-0.25, -0.2) is 9.13 Å². The standard InChI is InChI=1S/C47H93N2/c1-4-7-10-13-16-18-20-22-24-25-27-29-31-33-35-38-41-44-49-46-45-48(47(49)42-39-36-15-12-9-6-3)43-40-37-34-32-30-28-26-23-21-19-17-14-11-8-5-2/h45-46H,4-44H2,1-3H3/q+1. The van der Waals surface area contributed by atoms with Crippen LogP contribution in [0.25, 0.3) is 0 Å². The fourth-order valence-corrected chi connectivity index (χ4v) is 7.92. The Balaban J connectivity index is 2.15. The van der Waals surface area contributed by atoms with E-state index >= 15 is 0 Å². The minimum Gasteiger partial charge on any atom is -0.234 e. The summed E-state index contributed by atoms with van der Waals surface area (Å²) >= 11 is 0. The Morgan fingerprint density at radius 1 is 0.347 bits per heavy atom. The highest BCUT2D eigenvalue weighted by atomic mass is 15.1. The average molecular weight is 686 g/mol. The van der Waals surface area contributed by atoms with Gasteiger partial charge in [-0.2, -0.15) is 0 Å². The molecular formula is C47H93N2+. The van der Waals surface area contributed by atoms with Crippen LogP contribution in [0.4, 0.5) is 0 Å². The van der Waals surface area contributed by atoms with Crippen LogP contribution in [0.2, 0.25) is 0 Å². The topological polar surface area (TPSA) is 8.81 Å². The molecule has 0 unspecified atom stereocenters. The predicted octanol–water partition coefficient (Wildman–Crippen LogP) is 16.2. The smallest absolute Gasteiger partial charge is 0.234 e. The third-order valence-electron chi connectivity index (χ3n) is 11.3. The van der Waals surface area contributed by atoms with Crippen LogP contribution in [0.1, 0.15) is 271 Å². The molecule has 2 heteroatoms. The van der Waals surface area contributed by atoms with E-state index < -0.39 is 0 Å². The van der Waals surface area contributed by atoms with Crippen LogP contribution in [0.5, 0.6) is 0 Å². The molecule has 0 atom stereocenters. The summed E-state index contributed by atoms with van der Waals surface area (Å²) in [5, 5.41) is 0. The number of hydrogen-bond donors (Lipinski definition) is 0. The molecule has 0 saturated carbocycles. The summed E-state index contributed by atoms with van der Waals surface area (Å²) in [7, 11) is 0. The molecule has 1 rings (SSSR count). The molecule has 0 fully saturated rings. The van der Waals surface area contributed by atoms with E-state index in [9.17, 15) is 0 Å². The molecule has 0 aliphatic rings. The molecule has 1 aromatic heterocycles. The summed E-state index contributed by atoms with van der Waals surface area (Å²) in [5.74, 6) is 1.62. The number of unbranched alkanes of at least 4 members (excludes halogenated alkanes) is 35. The lowest BCUT2D eigenvalue weighted by molar-refractivity contribution is -0.704. The van der Waals surface area contributed by atoms with Crippen LogP contribution >= 0.6 is 0 Å². The Bertz CT molecular complexity index is 751. The number of aromatic nitrogens is 2. The Kier molecular flexibility index (Phi) is 36.3. The van der Waals surface area contributed by atoms with Crippen LogP contribution in [-0.2, 0) is 19.5 Å². The zero-order valence-corrected chi connectivity index (χ0v) is 34.5. The number of aryl methyl sites for hydroxylation is 2. The highest BCUT2D eigenvalue weighted by Gasteiger charge is 2.16. The van der Waals surface area contributed by atoms with Crippen molar-refractivity contribution in [1.82, 2.24) is 4.57 Å². The second kappa shape index (κ2) is 38.4. The minimum absolute atomic E-state index is 1.23. The van der Waals surface area contributed by atoms with Crippen molar-refractivity contribution in [1.29, 1.82) is 0 Å². The molecule has 49 heavy (non-hydrogen) atoms. The Labute approximate surface area is 310 Å². The fourth-order valence-electron chi connectivity index (χ4n) is 7.92. The summed E-state index contributed by atoms with van der Waals surface area (Å²) < 4.78 is 5.28. The summed E-state index contributed by atoms with van der Waals surface area (Å²) in [6.45, 7) is 9.42. The largest absolute Gasteiger partial charge is 0.256 e. The van der Waals surface area contributed by atoms with Crippen molar-refractivity contribution in [2.75, 3.05) is 0 Å². The van der Waals surface area contributed by atoms with E-state index in [1.807, 2.05) is 0 Å². The molecule has 0 aliphatic carbocycles. The van der Waals surface area contributed by atoms with Gasteiger partial charge in [0.15, 0.2) is 0 Å². The molecule has 0 saturated heterocycles. The minimum atomic E-state index is 1.23. The highest BCUT2D eigenvalue weighted by Crippen LogP contribution is 2.16. The van der Waals surface area contributed by atoms with E-state index in [2.05, 4.69) is 42.3 Å². The third kappa shape index (κ3) is 30.5. The van der Waals surface area contributed by atoms with Crippen molar-refractivity contribution in [2.45, 2.75) is 284 Å². The Hall–Kier alpha value is -0.790. The first-order chi connectivity index (χ1) is 24.3. The third-order valence-corrected chi connectivity index (χ3v) is 11.3. The summed E-state index contributed by atoms with van der Waals surface area (Å²) in [4.78, 5) is 0. The summed E-state index contributed by atoms with van der Waals surface area (Å²) in [5.41, 5.74) is 0. The molecular weight excluding hydrogens is 593 g/mol. The van der Waals surface area contributed by atoms with Crippen LogP contribution in [0.3, 0.4) is 0 Å². The first kappa shape index (κ1) is 46.2. The average Bonchev–Trinajstić information content (AvgIpc) is 3.50. The molecule has 1 heterocycles. The number of hydrogen-bond acceptors (Lipinski definition) is 0. The predicted molar refractivity (Wildman–Crippen MR) is 221 cm³/mol. The van der Waals surface area contributed by atoms with Gasteiger partial charge in [-0.3, -0.25) is 0 Å². The van der Waals surface area contributed by atoms with Gasteiger partial charge >= 0.3 is 0 Å². The van der Waals surface area contributed by atoms with Crippen molar-refractivity contribution in [2.24, 2.45) is 0 Å². The van der Waals surface area contributed by atoms with Crippen LogP contribution in [-0.4, -0.2) is 4.57 Å². The second-order valence-electron chi connectivity index (χ2n) is 16.2. The van der Waals surface area contributed by atoms with Gasteiger partial charge in [0.25, 0.3) is 5.82 Å². The van der Waals surface area contributed by atoms with Gasteiger partial charge in [0.05, 0.1) is 13.1 Å². The van der Waals surface area contributed by atoms with Gasteiger partial charge in [0, 0.05) is 6.42 Å². The van der Waals surface area contributed by atoms with Gasteiger partial charge in [0.1, 0.15) is 12.4 Å². The van der Waals surface area contributed by atoms with Crippen LogP contribution in [0, 0.1) is 0 Å². The fraction of sp³-hybridized carbons (Fsp3) is 0.936. The van der Waals surface area contributed by atoms with E-state index in [-0.39, 0.29) is 0 Å². The highest BCUT2D eigenvalue weighted by molar-refractivity contribution is 4.84. The van der Waals surface area contributed by atoms with Gasteiger partial charge in [0.2, 0.25) is 0 Å². The molecule has 0 amide bonds. The number of rotatable bonds is 41. The molecule has 0 bridgehead atoms. The van der Waals surface area contributed by atoms with E-state index in [0.29, 0.717) is 0 Å². The number of imidazole rings is 1. The van der Waals surface area contributed by atoms with Gasteiger partial charge < -0.3 is 0 Å². The summed E-state index contributed by atoms with van der Waals surface area (Å²) in [6, 6.07) is 0. The SMILES string of the molecule is CCCCCCCCCCCCCCCCCCCn1cc[n+](CCCCCCCCCCCCCCCCC)c1CCCCCCCC. The number of nitrogens with zero attached hydrogens (tertiary/aromatic N) is 2. The lowest BCUT2D eigenvalue weighted by Crippen LogP contribution is -2.37. The van der Waals surface area contributed by atoms with Crippen molar-refractivity contribution >= 4 is 0 Å². The quantitative estimate of drug-likeness (QED) is 0.0479. The zero-order valence-electron chi connectivity index (χ0n) is 34.5. The van der Waals surface area contributed by atoms with Crippen molar-refractivity contribution in [3.05, 3.63) is 18.2 Å². The van der Waals surface area contributed by atoms with Crippen molar-refractivity contribution in [3.8, 4) is 0 Å². The van der Waals surface area contributed by atoms with Gasteiger partial charge in [-0.05, 0) is 32.1 Å². The summed E-state index contributed by atoms with van der Waals surface area (Å²) in [6.07, 6.45) is 60.8. The molecule has 0 N–H and O–H groups in total. The lowest BCUT2D eigenvalue weighted by atomic mass is 10.0. The monoisotopic (exact) mass is 686 g/mol. The molecule has 1 aromatic rings. The van der Waals surface area contributed by atoms with E-state index in [0.717, 1.165) is 0 Å². The molecule has 0 radical (unpaired) electrons. The maximum atomic E-state index is 2.64. The maximum absolute atomic E-state index is 2.64. The van der Waals surface area contributed by atoms with Gasteiger partial charge in [-0.15, -0.1) is 0 Å². The van der Waals surface area contributed by atoms with Crippen LogP contribution in [0.15, 0.2) is 12.4 Å². The Morgan fingerprint density at radius 2 is 0.633 bits per heavy atom. The van der Waals surface area contributed by atoms with E-state index in [4.69, 9.17) is 0 Å². The zero-order chi connectivity index (χ0) is 35.1.